The smallest absolute Gasteiger partial charge is 0.496 e. The minimum Gasteiger partial charge on any atom is -0.496 e. The van der Waals surface area contributed by atoms with Crippen LogP contribution < -0.4 is 14.2 Å². The fraction of sp³-hybridized carbons (Fsp3) is 0.409. The van der Waals surface area contributed by atoms with Gasteiger partial charge < -0.3 is 19.0 Å². The van der Waals surface area contributed by atoms with Crippen molar-refractivity contribution in [2.45, 2.75) is 44.3 Å². The third kappa shape index (κ3) is 5.46. The van der Waals surface area contributed by atoms with Gasteiger partial charge in [-0.25, -0.2) is 4.39 Å². The number of likely N-dealkylation sites (tertiary alicyclic amines) is 1. The average Bonchev–Trinajstić information content (AvgIpc) is 2.73. The van der Waals surface area contributed by atoms with E-state index in [1.54, 1.807) is 0 Å². The first-order valence-corrected chi connectivity index (χ1v) is 9.73. The van der Waals surface area contributed by atoms with Gasteiger partial charge in [0.2, 0.25) is 0 Å². The third-order valence-electron chi connectivity index (χ3n) is 5.32. The standard InChI is InChI=1S/C22H23F4NO4/c1-29-19-10-15(23)11-20(30-2)21(19)18-5-3-4-16(13-28)27(18)12-14-6-8-17(9-7-14)31-22(24,25)26/h6-11,13,16,18H,3-5,12H2,1-2H3. The van der Waals surface area contributed by atoms with Crippen molar-refractivity contribution in [3.05, 3.63) is 53.3 Å². The van der Waals surface area contributed by atoms with E-state index >= 15 is 0 Å². The van der Waals surface area contributed by atoms with Crippen molar-refractivity contribution in [1.82, 2.24) is 4.90 Å². The predicted octanol–water partition coefficient (Wildman–Crippen LogP) is 5.04. The molecule has 1 aliphatic heterocycles. The van der Waals surface area contributed by atoms with E-state index in [0.29, 0.717) is 42.0 Å². The summed E-state index contributed by atoms with van der Waals surface area (Å²) in [4.78, 5) is 13.7. The lowest BCUT2D eigenvalue weighted by Gasteiger charge is -2.41. The van der Waals surface area contributed by atoms with Crippen LogP contribution in [0.2, 0.25) is 0 Å². The second-order valence-electron chi connectivity index (χ2n) is 7.24. The van der Waals surface area contributed by atoms with Crippen LogP contribution in [0.15, 0.2) is 36.4 Å². The molecule has 9 heteroatoms. The van der Waals surface area contributed by atoms with Gasteiger partial charge in [-0.15, -0.1) is 13.2 Å². The summed E-state index contributed by atoms with van der Waals surface area (Å²) in [5.41, 5.74) is 1.34. The zero-order valence-corrected chi connectivity index (χ0v) is 17.1. The maximum atomic E-state index is 14.0. The Hall–Kier alpha value is -2.81. The van der Waals surface area contributed by atoms with Crippen LogP contribution in [0.1, 0.15) is 36.4 Å². The fourth-order valence-electron chi connectivity index (χ4n) is 4.01. The molecule has 2 atom stereocenters. The number of carbonyl (C=O) groups is 1. The predicted molar refractivity (Wildman–Crippen MR) is 105 cm³/mol. The van der Waals surface area contributed by atoms with Crippen molar-refractivity contribution in [3.63, 3.8) is 0 Å². The third-order valence-corrected chi connectivity index (χ3v) is 5.32. The molecule has 2 aromatic carbocycles. The van der Waals surface area contributed by atoms with Gasteiger partial charge in [-0.05, 0) is 37.0 Å². The van der Waals surface area contributed by atoms with E-state index in [2.05, 4.69) is 4.74 Å². The zero-order chi connectivity index (χ0) is 22.6. The number of benzene rings is 2. The van der Waals surface area contributed by atoms with E-state index in [9.17, 15) is 22.4 Å². The SMILES string of the molecule is COc1cc(F)cc(OC)c1C1CCCC(C=O)N1Cc1ccc(OC(F)(F)F)cc1. The average molecular weight is 441 g/mol. The molecule has 0 aromatic heterocycles. The van der Waals surface area contributed by atoms with Crippen LogP contribution in [0, 0.1) is 5.82 Å². The van der Waals surface area contributed by atoms with Gasteiger partial charge in [0.25, 0.3) is 0 Å². The van der Waals surface area contributed by atoms with Gasteiger partial charge in [0.15, 0.2) is 0 Å². The number of piperidine rings is 1. The molecule has 3 rings (SSSR count). The summed E-state index contributed by atoms with van der Waals surface area (Å²) in [5, 5.41) is 0. The fourth-order valence-corrected chi connectivity index (χ4v) is 4.01. The lowest BCUT2D eigenvalue weighted by Crippen LogP contribution is -2.42. The Morgan fingerprint density at radius 1 is 1.06 bits per heavy atom. The summed E-state index contributed by atoms with van der Waals surface area (Å²) in [6, 6.07) is 7.33. The largest absolute Gasteiger partial charge is 0.573 e. The second kappa shape index (κ2) is 9.55. The molecule has 1 aliphatic rings. The topological polar surface area (TPSA) is 48.0 Å². The van der Waals surface area contributed by atoms with Crippen molar-refractivity contribution in [2.24, 2.45) is 0 Å². The molecule has 5 nitrogen and oxygen atoms in total. The van der Waals surface area contributed by atoms with Crippen LogP contribution >= 0.6 is 0 Å². The highest BCUT2D eigenvalue weighted by Crippen LogP contribution is 2.44. The van der Waals surface area contributed by atoms with Crippen molar-refractivity contribution in [2.75, 3.05) is 14.2 Å². The molecule has 0 spiro atoms. The molecule has 0 N–H and O–H groups in total. The molecule has 31 heavy (non-hydrogen) atoms. The van der Waals surface area contributed by atoms with Crippen molar-refractivity contribution in [3.8, 4) is 17.2 Å². The van der Waals surface area contributed by atoms with Crippen LogP contribution in [0.4, 0.5) is 17.6 Å². The van der Waals surface area contributed by atoms with Gasteiger partial charge in [0.05, 0.1) is 25.8 Å². The van der Waals surface area contributed by atoms with E-state index in [-0.39, 0.29) is 11.8 Å². The zero-order valence-electron chi connectivity index (χ0n) is 17.1. The first kappa shape index (κ1) is 22.9. The quantitative estimate of drug-likeness (QED) is 0.445. The maximum absolute atomic E-state index is 14.0. The summed E-state index contributed by atoms with van der Waals surface area (Å²) in [6.45, 7) is 0.296. The van der Waals surface area contributed by atoms with Crippen LogP contribution in [-0.2, 0) is 11.3 Å². The number of hydrogen-bond acceptors (Lipinski definition) is 5. The van der Waals surface area contributed by atoms with Gasteiger partial charge in [-0.1, -0.05) is 12.1 Å². The van der Waals surface area contributed by atoms with Gasteiger partial charge in [-0.3, -0.25) is 4.90 Å². The molecule has 0 saturated carbocycles. The minimum atomic E-state index is -4.77. The molecular formula is C22H23F4NO4. The molecule has 1 fully saturated rings. The van der Waals surface area contributed by atoms with Crippen molar-refractivity contribution < 1.29 is 36.6 Å². The molecule has 0 radical (unpaired) electrons. The molecule has 0 bridgehead atoms. The van der Waals surface area contributed by atoms with Gasteiger partial charge in [0, 0.05) is 24.7 Å². The Morgan fingerprint density at radius 2 is 1.68 bits per heavy atom. The number of carbonyl (C=O) groups excluding carboxylic acids is 1. The molecule has 1 heterocycles. The monoisotopic (exact) mass is 441 g/mol. The van der Waals surface area contributed by atoms with Crippen LogP contribution in [0.25, 0.3) is 0 Å². The van der Waals surface area contributed by atoms with E-state index in [0.717, 1.165) is 12.7 Å². The number of alkyl halides is 3. The highest BCUT2D eigenvalue weighted by molar-refractivity contribution is 5.59. The highest BCUT2D eigenvalue weighted by Gasteiger charge is 2.35. The number of halogens is 4. The van der Waals surface area contributed by atoms with Gasteiger partial charge >= 0.3 is 6.36 Å². The minimum absolute atomic E-state index is 0.296. The molecular weight excluding hydrogens is 418 g/mol. The summed E-state index contributed by atoms with van der Waals surface area (Å²) in [6.07, 6.45) is -1.82. The Bertz CT molecular complexity index is 876. The molecule has 0 amide bonds. The van der Waals surface area contributed by atoms with E-state index in [1.165, 1.54) is 50.6 Å². The van der Waals surface area contributed by atoms with Crippen LogP contribution in [-0.4, -0.2) is 37.8 Å². The van der Waals surface area contributed by atoms with E-state index in [4.69, 9.17) is 9.47 Å². The van der Waals surface area contributed by atoms with Crippen LogP contribution in [0.3, 0.4) is 0 Å². The Morgan fingerprint density at radius 3 is 2.19 bits per heavy atom. The Labute approximate surface area is 177 Å². The first-order chi connectivity index (χ1) is 14.8. The summed E-state index contributed by atoms with van der Waals surface area (Å²) >= 11 is 0. The summed E-state index contributed by atoms with van der Waals surface area (Å²) in [5.74, 6) is -0.202. The lowest BCUT2D eigenvalue weighted by molar-refractivity contribution is -0.274. The maximum Gasteiger partial charge on any atom is 0.573 e. The number of aldehydes is 1. The summed E-state index contributed by atoms with van der Waals surface area (Å²) in [7, 11) is 2.86. The number of rotatable bonds is 7. The van der Waals surface area contributed by atoms with Gasteiger partial charge in [-0.2, -0.15) is 0 Å². The molecule has 168 valence electrons. The first-order valence-electron chi connectivity index (χ1n) is 9.73. The number of ether oxygens (including phenoxy) is 3. The Balaban J connectivity index is 1.94. The van der Waals surface area contributed by atoms with E-state index < -0.39 is 18.2 Å². The number of hydrogen-bond donors (Lipinski definition) is 0. The van der Waals surface area contributed by atoms with Crippen LogP contribution in [0.5, 0.6) is 17.2 Å². The van der Waals surface area contributed by atoms with E-state index in [1.807, 2.05) is 4.90 Å². The summed E-state index contributed by atoms with van der Waals surface area (Å²) < 4.78 is 65.9. The highest BCUT2D eigenvalue weighted by atomic mass is 19.4. The molecule has 1 saturated heterocycles. The van der Waals surface area contributed by atoms with Crippen molar-refractivity contribution in [1.29, 1.82) is 0 Å². The van der Waals surface area contributed by atoms with Crippen molar-refractivity contribution >= 4 is 6.29 Å². The second-order valence-corrected chi connectivity index (χ2v) is 7.24. The molecule has 0 aliphatic carbocycles. The normalized spacial score (nSPS) is 19.7. The molecule has 2 unspecified atom stereocenters. The number of methoxy groups -OCH3 is 2. The van der Waals surface area contributed by atoms with Gasteiger partial charge in [0.1, 0.15) is 29.4 Å². The number of nitrogens with zero attached hydrogens (tertiary/aromatic N) is 1. The lowest BCUT2D eigenvalue weighted by atomic mass is 9.89. The molecule has 2 aromatic rings. The Kier molecular flexibility index (Phi) is 7.04.